The van der Waals surface area contributed by atoms with Gasteiger partial charge in [-0.05, 0) is 29.3 Å². The van der Waals surface area contributed by atoms with E-state index in [-0.39, 0.29) is 11.3 Å². The number of aromatic nitrogens is 3. The lowest BCUT2D eigenvalue weighted by atomic mass is 10.1. The standard InChI is InChI=1S/C27H24FN3O4/c28-22-8-6-19(7-9-22)15-30-16-21(18-35-13-12-34-17-20-4-2-1-3-5-20)25-23-10-11-31(33)27(32)26(23)29-14-24(25)30/h1-11,14,16,33H,12-13,15,17-18H2. The average Bonchev–Trinajstić information content (AvgIpc) is 3.23. The Balaban J connectivity index is 1.39. The van der Waals surface area contributed by atoms with Crippen LogP contribution in [-0.2, 0) is 29.2 Å². The van der Waals surface area contributed by atoms with Crippen LogP contribution in [0.15, 0.2) is 84.0 Å². The van der Waals surface area contributed by atoms with Crippen molar-refractivity contribution < 1.29 is 19.1 Å². The first-order chi connectivity index (χ1) is 17.1. The quantitative estimate of drug-likeness (QED) is 0.252. The lowest BCUT2D eigenvalue weighted by Gasteiger charge is -2.07. The Hall–Kier alpha value is -4.01. The summed E-state index contributed by atoms with van der Waals surface area (Å²) >= 11 is 0. The summed E-state index contributed by atoms with van der Waals surface area (Å²) in [6.07, 6.45) is 4.89. The van der Waals surface area contributed by atoms with Crippen LogP contribution < -0.4 is 5.56 Å². The molecule has 8 heteroatoms. The number of hydrogen-bond acceptors (Lipinski definition) is 5. The molecule has 3 aromatic heterocycles. The van der Waals surface area contributed by atoms with Gasteiger partial charge in [0.25, 0.3) is 0 Å². The van der Waals surface area contributed by atoms with Crippen LogP contribution in [0.4, 0.5) is 4.39 Å². The summed E-state index contributed by atoms with van der Waals surface area (Å²) in [5.74, 6) is -0.289. The van der Waals surface area contributed by atoms with E-state index in [0.717, 1.165) is 27.6 Å². The maximum absolute atomic E-state index is 13.4. The zero-order chi connectivity index (χ0) is 24.2. The average molecular weight is 474 g/mol. The van der Waals surface area contributed by atoms with Gasteiger partial charge < -0.3 is 19.2 Å². The minimum atomic E-state index is -0.586. The van der Waals surface area contributed by atoms with E-state index in [0.29, 0.717) is 43.1 Å². The smallest absolute Gasteiger partial charge is 0.309 e. The van der Waals surface area contributed by atoms with E-state index in [1.807, 2.05) is 41.1 Å². The minimum Gasteiger partial charge on any atom is -0.425 e. The molecule has 0 unspecified atom stereocenters. The van der Waals surface area contributed by atoms with Crippen molar-refractivity contribution in [2.24, 2.45) is 0 Å². The van der Waals surface area contributed by atoms with Gasteiger partial charge in [-0.2, -0.15) is 4.73 Å². The molecule has 5 rings (SSSR count). The van der Waals surface area contributed by atoms with E-state index in [1.54, 1.807) is 24.4 Å². The minimum absolute atomic E-state index is 0.175. The van der Waals surface area contributed by atoms with Gasteiger partial charge in [-0.15, -0.1) is 0 Å². The number of fused-ring (bicyclic) bond motifs is 3. The Morgan fingerprint density at radius 3 is 2.43 bits per heavy atom. The molecule has 35 heavy (non-hydrogen) atoms. The van der Waals surface area contributed by atoms with E-state index in [4.69, 9.17) is 9.47 Å². The van der Waals surface area contributed by atoms with Gasteiger partial charge in [0.15, 0.2) is 0 Å². The van der Waals surface area contributed by atoms with Gasteiger partial charge in [0.1, 0.15) is 11.3 Å². The number of rotatable bonds is 9. The molecule has 5 aromatic rings. The zero-order valence-corrected chi connectivity index (χ0v) is 18.9. The van der Waals surface area contributed by atoms with Gasteiger partial charge >= 0.3 is 5.56 Å². The van der Waals surface area contributed by atoms with E-state index < -0.39 is 5.56 Å². The molecule has 0 bridgehead atoms. The summed E-state index contributed by atoms with van der Waals surface area (Å²) < 4.78 is 27.5. The molecule has 0 spiro atoms. The summed E-state index contributed by atoms with van der Waals surface area (Å²) in [6.45, 7) is 2.18. The van der Waals surface area contributed by atoms with Gasteiger partial charge in [0, 0.05) is 35.3 Å². The Labute approximate surface area is 200 Å². The molecule has 178 valence electrons. The summed E-state index contributed by atoms with van der Waals surface area (Å²) in [7, 11) is 0. The summed E-state index contributed by atoms with van der Waals surface area (Å²) in [6, 6.07) is 17.9. The van der Waals surface area contributed by atoms with Crippen LogP contribution in [0, 0.1) is 5.82 Å². The first kappa shape index (κ1) is 22.8. The molecule has 0 fully saturated rings. The predicted molar refractivity (Wildman–Crippen MR) is 130 cm³/mol. The van der Waals surface area contributed by atoms with Gasteiger partial charge in [-0.25, -0.2) is 9.37 Å². The molecule has 0 radical (unpaired) electrons. The van der Waals surface area contributed by atoms with E-state index in [1.165, 1.54) is 18.3 Å². The number of hydrogen-bond donors (Lipinski definition) is 1. The maximum Gasteiger partial charge on any atom is 0.309 e. The van der Waals surface area contributed by atoms with Crippen molar-refractivity contribution in [1.29, 1.82) is 0 Å². The molecular formula is C27H24FN3O4. The van der Waals surface area contributed by atoms with E-state index in [2.05, 4.69) is 4.98 Å². The SMILES string of the molecule is O=c1c2ncc3c(c(COCCOCc4ccccc4)cn3Cc3ccc(F)cc3)c2ccn1O. The Morgan fingerprint density at radius 2 is 1.66 bits per heavy atom. The third-order valence-corrected chi connectivity index (χ3v) is 5.84. The number of halogens is 1. The number of nitrogens with zero attached hydrogens (tertiary/aromatic N) is 3. The topological polar surface area (TPSA) is 78.5 Å². The summed E-state index contributed by atoms with van der Waals surface area (Å²) in [5.41, 5.74) is 3.32. The largest absolute Gasteiger partial charge is 0.425 e. The van der Waals surface area contributed by atoms with Crippen LogP contribution in [-0.4, -0.2) is 32.7 Å². The van der Waals surface area contributed by atoms with Crippen LogP contribution in [0.1, 0.15) is 16.7 Å². The van der Waals surface area contributed by atoms with E-state index in [9.17, 15) is 14.4 Å². The lowest BCUT2D eigenvalue weighted by molar-refractivity contribution is 0.0342. The molecule has 3 heterocycles. The van der Waals surface area contributed by atoms with Gasteiger partial charge in [-0.1, -0.05) is 42.5 Å². The van der Waals surface area contributed by atoms with Crippen molar-refractivity contribution in [3.63, 3.8) is 0 Å². The van der Waals surface area contributed by atoms with Crippen molar-refractivity contribution >= 4 is 21.8 Å². The lowest BCUT2D eigenvalue weighted by Crippen LogP contribution is -2.17. The predicted octanol–water partition coefficient (Wildman–Crippen LogP) is 4.51. The van der Waals surface area contributed by atoms with Crippen LogP contribution in [0.5, 0.6) is 0 Å². The molecule has 0 saturated carbocycles. The fourth-order valence-electron chi connectivity index (χ4n) is 4.14. The fraction of sp³-hybridized carbons (Fsp3) is 0.185. The second kappa shape index (κ2) is 10.1. The second-order valence-electron chi connectivity index (χ2n) is 8.25. The molecule has 0 aliphatic carbocycles. The highest BCUT2D eigenvalue weighted by Gasteiger charge is 2.16. The van der Waals surface area contributed by atoms with Crippen LogP contribution in [0.3, 0.4) is 0 Å². The number of ether oxygens (including phenoxy) is 2. The summed E-state index contributed by atoms with van der Waals surface area (Å²) in [4.78, 5) is 16.7. The molecule has 0 amide bonds. The van der Waals surface area contributed by atoms with Gasteiger partial charge in [-0.3, -0.25) is 4.79 Å². The monoisotopic (exact) mass is 473 g/mol. The van der Waals surface area contributed by atoms with Crippen molar-refractivity contribution in [2.75, 3.05) is 13.2 Å². The Bertz CT molecular complexity index is 1510. The molecule has 1 N–H and O–H groups in total. The van der Waals surface area contributed by atoms with Crippen molar-refractivity contribution in [1.82, 2.24) is 14.3 Å². The van der Waals surface area contributed by atoms with Crippen molar-refractivity contribution in [2.45, 2.75) is 19.8 Å². The summed E-state index contributed by atoms with van der Waals surface area (Å²) in [5, 5.41) is 11.2. The molecular weight excluding hydrogens is 449 g/mol. The van der Waals surface area contributed by atoms with Gasteiger partial charge in [0.2, 0.25) is 0 Å². The van der Waals surface area contributed by atoms with Gasteiger partial charge in [0.05, 0.1) is 38.1 Å². The molecule has 2 aromatic carbocycles. The van der Waals surface area contributed by atoms with Crippen molar-refractivity contribution in [3.05, 3.63) is 112 Å². The molecule has 0 aliphatic rings. The molecule has 0 saturated heterocycles. The Kier molecular flexibility index (Phi) is 6.56. The third-order valence-electron chi connectivity index (χ3n) is 5.84. The highest BCUT2D eigenvalue weighted by Crippen LogP contribution is 2.28. The first-order valence-corrected chi connectivity index (χ1v) is 11.3. The molecule has 0 atom stereocenters. The maximum atomic E-state index is 13.4. The normalized spacial score (nSPS) is 11.5. The second-order valence-corrected chi connectivity index (χ2v) is 8.25. The fourth-order valence-corrected chi connectivity index (χ4v) is 4.14. The number of benzene rings is 2. The van der Waals surface area contributed by atoms with Crippen LogP contribution in [0.25, 0.3) is 21.8 Å². The Morgan fingerprint density at radius 1 is 0.914 bits per heavy atom. The zero-order valence-electron chi connectivity index (χ0n) is 18.9. The van der Waals surface area contributed by atoms with Crippen molar-refractivity contribution in [3.8, 4) is 0 Å². The molecule has 7 nitrogen and oxygen atoms in total. The third kappa shape index (κ3) is 4.94. The number of pyridine rings is 2. The van der Waals surface area contributed by atoms with E-state index >= 15 is 0 Å². The van der Waals surface area contributed by atoms with Crippen LogP contribution in [0.2, 0.25) is 0 Å². The first-order valence-electron chi connectivity index (χ1n) is 11.3. The highest BCUT2D eigenvalue weighted by molar-refractivity contribution is 6.06. The highest BCUT2D eigenvalue weighted by atomic mass is 19.1. The van der Waals surface area contributed by atoms with Crippen LogP contribution >= 0.6 is 0 Å². The molecule has 0 aliphatic heterocycles.